The molecule has 1 heterocycles. The molecule has 1 aromatic heterocycles. The Hall–Kier alpha value is -0.930. The summed E-state index contributed by atoms with van der Waals surface area (Å²) in [5.74, 6) is 2.39. The average Bonchev–Trinajstić information content (AvgIpc) is 2.78. The van der Waals surface area contributed by atoms with Crippen LogP contribution in [0.5, 0.6) is 0 Å². The zero-order valence-corrected chi connectivity index (χ0v) is 12.8. The molecule has 2 rings (SSSR count). The molecule has 1 N–H and O–H groups in total. The summed E-state index contributed by atoms with van der Waals surface area (Å²) in [5, 5.41) is 4.87. The molecule has 0 aliphatic carbocycles. The topological polar surface area (TPSA) is 17.0 Å². The van der Waals surface area contributed by atoms with Crippen molar-refractivity contribution in [2.45, 2.75) is 33.4 Å². The molecule has 0 atom stereocenters. The van der Waals surface area contributed by atoms with Crippen LogP contribution in [0, 0.1) is 0 Å². The van der Waals surface area contributed by atoms with Crippen LogP contribution < -0.4 is 5.32 Å². The lowest BCUT2D eigenvalue weighted by Gasteiger charge is -2.11. The van der Waals surface area contributed by atoms with Crippen LogP contribution in [-0.4, -0.2) is 22.6 Å². The molecule has 0 amide bonds. The second-order valence-corrected chi connectivity index (χ2v) is 6.11. The van der Waals surface area contributed by atoms with Crippen LogP contribution in [0.2, 0.25) is 0 Å². The largest absolute Gasteiger partial charge is 0.342 e. The Balaban J connectivity index is 2.18. The normalized spacial score (nSPS) is 11.3. The first kappa shape index (κ1) is 14.5. The smallest absolute Gasteiger partial charge is 0.0483 e. The maximum absolute atomic E-state index is 3.52. The fourth-order valence-corrected chi connectivity index (χ4v) is 2.97. The molecule has 0 saturated heterocycles. The van der Waals surface area contributed by atoms with Crippen molar-refractivity contribution in [3.63, 3.8) is 0 Å². The summed E-state index contributed by atoms with van der Waals surface area (Å²) >= 11 is 2.01. The summed E-state index contributed by atoms with van der Waals surface area (Å²) in [6.45, 7) is 7.60. The van der Waals surface area contributed by atoms with E-state index in [9.17, 15) is 0 Å². The van der Waals surface area contributed by atoms with Gasteiger partial charge in [0.25, 0.3) is 0 Å². The number of hydrogen-bond acceptors (Lipinski definition) is 2. The van der Waals surface area contributed by atoms with Crippen molar-refractivity contribution in [1.29, 1.82) is 0 Å². The first-order chi connectivity index (χ1) is 9.36. The number of hydrogen-bond donors (Lipinski definition) is 1. The van der Waals surface area contributed by atoms with Gasteiger partial charge in [-0.2, -0.15) is 11.8 Å². The quantitative estimate of drug-likeness (QED) is 0.737. The third kappa shape index (κ3) is 3.77. The summed E-state index contributed by atoms with van der Waals surface area (Å²) in [4.78, 5) is 0. The van der Waals surface area contributed by atoms with E-state index in [1.165, 1.54) is 34.5 Å². The molecule has 104 valence electrons. The maximum atomic E-state index is 3.52. The molecule has 0 fully saturated rings. The lowest BCUT2D eigenvalue weighted by Crippen LogP contribution is -2.17. The predicted molar refractivity (Wildman–Crippen MR) is 86.9 cm³/mol. The number of aromatic nitrogens is 1. The number of rotatable bonds is 8. The maximum Gasteiger partial charge on any atom is 0.0483 e. The van der Waals surface area contributed by atoms with E-state index in [2.05, 4.69) is 54.1 Å². The molecular weight excluding hydrogens is 252 g/mol. The molecule has 0 spiro atoms. The Morgan fingerprint density at radius 2 is 2.05 bits per heavy atom. The van der Waals surface area contributed by atoms with Crippen LogP contribution in [0.15, 0.2) is 30.3 Å². The van der Waals surface area contributed by atoms with E-state index in [0.717, 1.165) is 19.6 Å². The number of para-hydroxylation sites is 1. The van der Waals surface area contributed by atoms with Crippen LogP contribution in [0.25, 0.3) is 10.9 Å². The highest BCUT2D eigenvalue weighted by molar-refractivity contribution is 7.99. The standard InChI is InChI=1S/C16H24N2S/c1-3-9-17-13-15-12-14-7-5-6-8-16(14)18(15)10-11-19-4-2/h5-8,12,17H,3-4,9-11,13H2,1-2H3. The summed E-state index contributed by atoms with van der Waals surface area (Å²) in [7, 11) is 0. The highest BCUT2D eigenvalue weighted by Crippen LogP contribution is 2.20. The minimum Gasteiger partial charge on any atom is -0.342 e. The van der Waals surface area contributed by atoms with E-state index >= 15 is 0 Å². The summed E-state index contributed by atoms with van der Waals surface area (Å²) in [6, 6.07) is 11.0. The number of nitrogens with zero attached hydrogens (tertiary/aromatic N) is 1. The Kier molecular flexibility index (Phi) is 5.80. The fraction of sp³-hybridized carbons (Fsp3) is 0.500. The second-order valence-electron chi connectivity index (χ2n) is 4.72. The Bertz CT molecular complexity index is 504. The third-order valence-electron chi connectivity index (χ3n) is 3.29. The van der Waals surface area contributed by atoms with Crippen molar-refractivity contribution < 1.29 is 0 Å². The molecule has 19 heavy (non-hydrogen) atoms. The Morgan fingerprint density at radius 3 is 2.84 bits per heavy atom. The van der Waals surface area contributed by atoms with Gasteiger partial charge in [0, 0.05) is 30.1 Å². The van der Waals surface area contributed by atoms with Gasteiger partial charge >= 0.3 is 0 Å². The molecule has 3 heteroatoms. The van der Waals surface area contributed by atoms with Gasteiger partial charge in [0.05, 0.1) is 0 Å². The lowest BCUT2D eigenvalue weighted by molar-refractivity contribution is 0.632. The van der Waals surface area contributed by atoms with E-state index in [0.29, 0.717) is 0 Å². The summed E-state index contributed by atoms with van der Waals surface area (Å²) in [6.07, 6.45) is 1.19. The molecule has 0 unspecified atom stereocenters. The van der Waals surface area contributed by atoms with Gasteiger partial charge in [-0.25, -0.2) is 0 Å². The van der Waals surface area contributed by atoms with Gasteiger partial charge < -0.3 is 9.88 Å². The molecule has 0 radical (unpaired) electrons. The zero-order chi connectivity index (χ0) is 13.5. The van der Waals surface area contributed by atoms with Crippen molar-refractivity contribution in [3.05, 3.63) is 36.0 Å². The first-order valence-electron chi connectivity index (χ1n) is 7.22. The van der Waals surface area contributed by atoms with Gasteiger partial charge in [0.2, 0.25) is 0 Å². The van der Waals surface area contributed by atoms with Crippen molar-refractivity contribution in [2.75, 3.05) is 18.1 Å². The van der Waals surface area contributed by atoms with E-state index in [4.69, 9.17) is 0 Å². The molecule has 0 saturated carbocycles. The number of thioether (sulfide) groups is 1. The van der Waals surface area contributed by atoms with Gasteiger partial charge in [-0.1, -0.05) is 32.0 Å². The molecule has 2 nitrogen and oxygen atoms in total. The van der Waals surface area contributed by atoms with Crippen molar-refractivity contribution in [3.8, 4) is 0 Å². The molecule has 1 aromatic carbocycles. The van der Waals surface area contributed by atoms with Gasteiger partial charge in [0.1, 0.15) is 0 Å². The highest BCUT2D eigenvalue weighted by atomic mass is 32.2. The van der Waals surface area contributed by atoms with Crippen LogP contribution in [0.1, 0.15) is 26.0 Å². The van der Waals surface area contributed by atoms with Crippen LogP contribution >= 0.6 is 11.8 Å². The van der Waals surface area contributed by atoms with Crippen LogP contribution in [0.4, 0.5) is 0 Å². The van der Waals surface area contributed by atoms with Crippen molar-refractivity contribution >= 4 is 22.7 Å². The van der Waals surface area contributed by atoms with Crippen LogP contribution in [0.3, 0.4) is 0 Å². The monoisotopic (exact) mass is 276 g/mol. The average molecular weight is 276 g/mol. The van der Waals surface area contributed by atoms with Crippen molar-refractivity contribution in [1.82, 2.24) is 9.88 Å². The fourth-order valence-electron chi connectivity index (χ4n) is 2.37. The molecular formula is C16H24N2S. The predicted octanol–water partition coefficient (Wildman–Crippen LogP) is 3.89. The summed E-state index contributed by atoms with van der Waals surface area (Å²) in [5.41, 5.74) is 2.78. The minimum atomic E-state index is 0.972. The highest BCUT2D eigenvalue weighted by Gasteiger charge is 2.07. The van der Waals surface area contributed by atoms with Gasteiger partial charge in [0.15, 0.2) is 0 Å². The number of aryl methyl sites for hydroxylation is 1. The van der Waals surface area contributed by atoms with E-state index in [-0.39, 0.29) is 0 Å². The zero-order valence-electron chi connectivity index (χ0n) is 12.0. The van der Waals surface area contributed by atoms with Gasteiger partial charge in [-0.3, -0.25) is 0 Å². The number of fused-ring (bicyclic) bond motifs is 1. The minimum absolute atomic E-state index is 0.972. The lowest BCUT2D eigenvalue weighted by atomic mass is 10.2. The molecule has 2 aromatic rings. The van der Waals surface area contributed by atoms with Crippen LogP contribution in [-0.2, 0) is 13.1 Å². The third-order valence-corrected chi connectivity index (χ3v) is 4.17. The molecule has 0 bridgehead atoms. The van der Waals surface area contributed by atoms with Gasteiger partial charge in [-0.15, -0.1) is 0 Å². The Morgan fingerprint density at radius 1 is 1.21 bits per heavy atom. The number of nitrogens with one attached hydrogen (secondary N) is 1. The van der Waals surface area contributed by atoms with E-state index < -0.39 is 0 Å². The van der Waals surface area contributed by atoms with Gasteiger partial charge in [-0.05, 0) is 36.2 Å². The van der Waals surface area contributed by atoms with E-state index in [1.54, 1.807) is 0 Å². The Labute approximate surface area is 120 Å². The molecule has 0 aliphatic heterocycles. The summed E-state index contributed by atoms with van der Waals surface area (Å²) < 4.78 is 2.47. The first-order valence-corrected chi connectivity index (χ1v) is 8.38. The van der Waals surface area contributed by atoms with Crippen molar-refractivity contribution in [2.24, 2.45) is 0 Å². The SMILES string of the molecule is CCCNCc1cc2ccccc2n1CCSCC. The van der Waals surface area contributed by atoms with E-state index in [1.807, 2.05) is 11.8 Å². The molecule has 0 aliphatic rings. The number of benzene rings is 1. The second kappa shape index (κ2) is 7.61.